The summed E-state index contributed by atoms with van der Waals surface area (Å²) in [7, 11) is 1.80. The quantitative estimate of drug-likeness (QED) is 0.143. The number of carboxylic acid groups (broad SMARTS) is 2. The van der Waals surface area contributed by atoms with Gasteiger partial charge in [0.1, 0.15) is 12.1 Å². The fraction of sp³-hybridized carbons (Fsp3) is 0.281. The number of carbonyl (C=O) groups is 3. The van der Waals surface area contributed by atoms with Gasteiger partial charge in [0, 0.05) is 30.8 Å². The molecule has 4 rings (SSSR count). The number of aryl methyl sites for hydroxylation is 2. The van der Waals surface area contributed by atoms with Gasteiger partial charge in [-0.3, -0.25) is 24.6 Å². The van der Waals surface area contributed by atoms with E-state index in [9.17, 15) is 29.6 Å². The topological polar surface area (TPSA) is 174 Å². The molecule has 1 heterocycles. The fourth-order valence-corrected chi connectivity index (χ4v) is 5.10. The van der Waals surface area contributed by atoms with Crippen LogP contribution >= 0.6 is 0 Å². The number of carboxylic acids is 2. The Morgan fingerprint density at radius 1 is 1.00 bits per heavy atom. The molecule has 0 radical (unpaired) electrons. The molecule has 5 N–H and O–H groups in total. The van der Waals surface area contributed by atoms with Crippen LogP contribution in [0.1, 0.15) is 40.3 Å². The standard InChI is InChI=1S/C32H35N5O7/c1-20-3-10-24(11-4-20)33-28(19-37(43)44)34-25-12-13-26-23(18-25)15-16-36(2)30(26)31(40)35-27(32(41)42)17-22-7-5-21(6-8-22)9-14-29(38)39/h3-8,10-13,18-19,27,30,33-34H,9,14-17H2,1-2H3,(H,35,40)(H,38,39)(H,41,42). The Morgan fingerprint density at radius 2 is 1.64 bits per heavy atom. The van der Waals surface area contributed by atoms with Gasteiger partial charge in [0.15, 0.2) is 5.82 Å². The second kappa shape index (κ2) is 14.3. The molecule has 3 aromatic carbocycles. The van der Waals surface area contributed by atoms with E-state index in [2.05, 4.69) is 16.0 Å². The predicted molar refractivity (Wildman–Crippen MR) is 165 cm³/mol. The molecule has 2 unspecified atom stereocenters. The SMILES string of the molecule is Cc1ccc(NC(=C[N+](=O)[O-])Nc2ccc3c(c2)CCN(C)C3C(=O)NC(Cc2ccc(CCC(=O)O)cc2)C(=O)O)cc1. The monoisotopic (exact) mass is 601 g/mol. The molecule has 0 saturated heterocycles. The zero-order chi connectivity index (χ0) is 31.8. The Kier molecular flexibility index (Phi) is 10.3. The van der Waals surface area contributed by atoms with Crippen LogP contribution in [0.2, 0.25) is 0 Å². The predicted octanol–water partition coefficient (Wildman–Crippen LogP) is 3.95. The maximum Gasteiger partial charge on any atom is 0.326 e. The van der Waals surface area contributed by atoms with Gasteiger partial charge < -0.3 is 26.2 Å². The third-order valence-electron chi connectivity index (χ3n) is 7.41. The van der Waals surface area contributed by atoms with Crippen LogP contribution < -0.4 is 16.0 Å². The van der Waals surface area contributed by atoms with Gasteiger partial charge in [0.2, 0.25) is 5.91 Å². The number of likely N-dealkylation sites (N-methyl/N-ethyl adjacent to an activating group) is 1. The van der Waals surface area contributed by atoms with Crippen molar-refractivity contribution < 1.29 is 29.5 Å². The van der Waals surface area contributed by atoms with E-state index in [1.54, 1.807) is 43.4 Å². The number of hydrogen-bond acceptors (Lipinski definition) is 8. The van der Waals surface area contributed by atoms with E-state index in [0.717, 1.165) is 28.5 Å². The number of nitrogens with zero attached hydrogens (tertiary/aromatic N) is 2. The van der Waals surface area contributed by atoms with E-state index in [-0.39, 0.29) is 18.7 Å². The van der Waals surface area contributed by atoms with Gasteiger partial charge in [0.05, 0.1) is 4.92 Å². The number of aliphatic carboxylic acids is 2. The maximum atomic E-state index is 13.5. The van der Waals surface area contributed by atoms with E-state index in [4.69, 9.17) is 5.11 Å². The number of nitro groups is 1. The van der Waals surface area contributed by atoms with Gasteiger partial charge in [0.25, 0.3) is 6.20 Å². The smallest absolute Gasteiger partial charge is 0.326 e. The van der Waals surface area contributed by atoms with Crippen molar-refractivity contribution in [1.82, 2.24) is 10.2 Å². The zero-order valence-electron chi connectivity index (χ0n) is 24.4. The Morgan fingerprint density at radius 3 is 2.27 bits per heavy atom. The minimum atomic E-state index is -1.17. The largest absolute Gasteiger partial charge is 0.481 e. The normalized spacial score (nSPS) is 15.5. The average molecular weight is 602 g/mol. The number of amides is 1. The number of anilines is 2. The summed E-state index contributed by atoms with van der Waals surface area (Å²) >= 11 is 0. The molecule has 0 bridgehead atoms. The van der Waals surface area contributed by atoms with Gasteiger partial charge in [-0.15, -0.1) is 0 Å². The van der Waals surface area contributed by atoms with Crippen molar-refractivity contribution in [2.24, 2.45) is 0 Å². The van der Waals surface area contributed by atoms with Crippen molar-refractivity contribution in [2.45, 2.75) is 44.7 Å². The second-order valence-corrected chi connectivity index (χ2v) is 10.8. The first-order valence-electron chi connectivity index (χ1n) is 14.1. The minimum Gasteiger partial charge on any atom is -0.481 e. The van der Waals surface area contributed by atoms with Crippen molar-refractivity contribution in [3.63, 3.8) is 0 Å². The molecule has 12 heteroatoms. The third-order valence-corrected chi connectivity index (χ3v) is 7.41. The molecule has 1 amide bonds. The summed E-state index contributed by atoms with van der Waals surface area (Å²) in [5.74, 6) is -2.34. The van der Waals surface area contributed by atoms with Crippen molar-refractivity contribution in [3.05, 3.63) is 117 Å². The Hall–Kier alpha value is -5.23. The summed E-state index contributed by atoms with van der Waals surface area (Å²) < 4.78 is 0. The fourth-order valence-electron chi connectivity index (χ4n) is 5.10. The highest BCUT2D eigenvalue weighted by atomic mass is 16.6. The number of carbonyl (C=O) groups excluding carboxylic acids is 1. The first-order valence-corrected chi connectivity index (χ1v) is 14.1. The molecular formula is C32H35N5O7. The lowest BCUT2D eigenvalue weighted by atomic mass is 9.91. The van der Waals surface area contributed by atoms with Crippen molar-refractivity contribution in [3.8, 4) is 0 Å². The molecule has 0 saturated carbocycles. The number of benzene rings is 3. The first-order chi connectivity index (χ1) is 21.0. The number of hydrogen-bond donors (Lipinski definition) is 5. The van der Waals surface area contributed by atoms with Crippen LogP contribution in [0.3, 0.4) is 0 Å². The van der Waals surface area contributed by atoms with Crippen LogP contribution in [0, 0.1) is 17.0 Å². The number of rotatable bonds is 13. The lowest BCUT2D eigenvalue weighted by Crippen LogP contribution is -2.49. The van der Waals surface area contributed by atoms with Gasteiger partial charge in [-0.25, -0.2) is 4.79 Å². The molecule has 0 aliphatic carbocycles. The Balaban J connectivity index is 1.47. The van der Waals surface area contributed by atoms with Gasteiger partial charge in [-0.2, -0.15) is 0 Å². The van der Waals surface area contributed by atoms with E-state index in [0.29, 0.717) is 36.3 Å². The minimum absolute atomic E-state index is 0.00214. The summed E-state index contributed by atoms with van der Waals surface area (Å²) in [5.41, 5.74) is 5.44. The molecule has 44 heavy (non-hydrogen) atoms. The molecule has 1 aliphatic rings. The zero-order valence-corrected chi connectivity index (χ0v) is 24.4. The van der Waals surface area contributed by atoms with Crippen molar-refractivity contribution in [1.29, 1.82) is 0 Å². The van der Waals surface area contributed by atoms with Gasteiger partial charge in [-0.1, -0.05) is 48.0 Å². The number of nitrogens with one attached hydrogen (secondary N) is 3. The molecule has 230 valence electrons. The van der Waals surface area contributed by atoms with Crippen LogP contribution in [0.5, 0.6) is 0 Å². The maximum absolute atomic E-state index is 13.5. The summed E-state index contributed by atoms with van der Waals surface area (Å²) in [4.78, 5) is 49.0. The molecule has 3 aromatic rings. The summed E-state index contributed by atoms with van der Waals surface area (Å²) in [5, 5.41) is 38.8. The van der Waals surface area contributed by atoms with E-state index < -0.39 is 34.9 Å². The van der Waals surface area contributed by atoms with Gasteiger partial charge >= 0.3 is 11.9 Å². The molecule has 12 nitrogen and oxygen atoms in total. The highest BCUT2D eigenvalue weighted by molar-refractivity contribution is 5.88. The lowest BCUT2D eigenvalue weighted by molar-refractivity contribution is -0.403. The lowest BCUT2D eigenvalue weighted by Gasteiger charge is -2.34. The summed E-state index contributed by atoms with van der Waals surface area (Å²) in [6, 6.07) is 17.9. The van der Waals surface area contributed by atoms with Crippen molar-refractivity contribution >= 4 is 29.2 Å². The molecule has 1 aliphatic heterocycles. The Labute approximate surface area is 254 Å². The third kappa shape index (κ3) is 8.65. The van der Waals surface area contributed by atoms with E-state index >= 15 is 0 Å². The van der Waals surface area contributed by atoms with E-state index in [1.165, 1.54) is 0 Å². The first kappa shape index (κ1) is 31.7. The second-order valence-electron chi connectivity index (χ2n) is 10.8. The average Bonchev–Trinajstić information content (AvgIpc) is 2.97. The van der Waals surface area contributed by atoms with Crippen LogP contribution in [-0.2, 0) is 33.6 Å². The molecule has 0 fully saturated rings. The van der Waals surface area contributed by atoms with Crippen molar-refractivity contribution in [2.75, 3.05) is 24.2 Å². The highest BCUT2D eigenvalue weighted by Crippen LogP contribution is 2.31. The van der Waals surface area contributed by atoms with E-state index in [1.807, 2.05) is 42.2 Å². The van der Waals surface area contributed by atoms with Crippen LogP contribution in [0.25, 0.3) is 0 Å². The molecular weight excluding hydrogens is 566 g/mol. The van der Waals surface area contributed by atoms with Crippen LogP contribution in [0.15, 0.2) is 78.8 Å². The van der Waals surface area contributed by atoms with Gasteiger partial charge in [-0.05, 0) is 73.3 Å². The summed E-state index contributed by atoms with van der Waals surface area (Å²) in [6.07, 6.45) is 1.91. The molecule has 2 atom stereocenters. The highest BCUT2D eigenvalue weighted by Gasteiger charge is 2.33. The Bertz CT molecular complexity index is 1550. The molecule has 0 spiro atoms. The number of fused-ring (bicyclic) bond motifs is 1. The molecule has 0 aromatic heterocycles. The summed E-state index contributed by atoms with van der Waals surface area (Å²) in [6.45, 7) is 2.49. The van der Waals surface area contributed by atoms with Crippen LogP contribution in [0.4, 0.5) is 11.4 Å². The van der Waals surface area contributed by atoms with Crippen LogP contribution in [-0.4, -0.2) is 57.5 Å².